The number of nitro groups is 1. The van der Waals surface area contributed by atoms with Gasteiger partial charge < -0.3 is 9.64 Å². The van der Waals surface area contributed by atoms with Crippen LogP contribution in [0.25, 0.3) is 22.0 Å². The first-order valence-corrected chi connectivity index (χ1v) is 10.1. The van der Waals surface area contributed by atoms with Crippen molar-refractivity contribution in [1.82, 2.24) is 4.98 Å². The van der Waals surface area contributed by atoms with Crippen LogP contribution >= 0.6 is 0 Å². The van der Waals surface area contributed by atoms with Crippen molar-refractivity contribution in [2.45, 2.75) is 19.8 Å². The van der Waals surface area contributed by atoms with Gasteiger partial charge in [0.25, 0.3) is 5.69 Å². The molecular formula is C23H23N3O4. The number of anilines is 1. The van der Waals surface area contributed by atoms with Gasteiger partial charge in [-0.15, -0.1) is 0 Å². The van der Waals surface area contributed by atoms with Crippen LogP contribution in [0.1, 0.15) is 19.8 Å². The third kappa shape index (κ3) is 4.10. The number of hydrogen-bond donors (Lipinski definition) is 0. The number of piperidine rings is 1. The third-order valence-corrected chi connectivity index (χ3v) is 5.50. The Morgan fingerprint density at radius 1 is 1.13 bits per heavy atom. The van der Waals surface area contributed by atoms with Crippen molar-refractivity contribution in [3.63, 3.8) is 0 Å². The SMILES string of the molecule is CCOC(=O)C1CCN(c2ccc3cc(-c4cccc([N+](=O)[O-])c4)ccc3n2)CC1. The zero-order chi connectivity index (χ0) is 21.1. The number of esters is 1. The maximum atomic E-state index is 11.9. The van der Waals surface area contributed by atoms with Crippen molar-refractivity contribution in [2.75, 3.05) is 24.6 Å². The summed E-state index contributed by atoms with van der Waals surface area (Å²) in [5.74, 6) is 0.768. The summed E-state index contributed by atoms with van der Waals surface area (Å²) in [5, 5.41) is 12.0. The van der Waals surface area contributed by atoms with Crippen LogP contribution in [-0.2, 0) is 9.53 Å². The Morgan fingerprint density at radius 3 is 2.63 bits per heavy atom. The lowest BCUT2D eigenvalue weighted by Gasteiger charge is -2.31. The predicted molar refractivity (Wildman–Crippen MR) is 115 cm³/mol. The third-order valence-electron chi connectivity index (χ3n) is 5.50. The van der Waals surface area contributed by atoms with Crippen LogP contribution in [0.4, 0.5) is 11.5 Å². The summed E-state index contributed by atoms with van der Waals surface area (Å²) in [6.45, 7) is 3.79. The average molecular weight is 405 g/mol. The lowest BCUT2D eigenvalue weighted by Crippen LogP contribution is -2.37. The molecule has 4 rings (SSSR count). The second-order valence-corrected chi connectivity index (χ2v) is 7.40. The Bertz CT molecular complexity index is 1090. The number of nitro benzene ring substituents is 1. The van der Waals surface area contributed by atoms with Gasteiger partial charge in [-0.05, 0) is 55.2 Å². The van der Waals surface area contributed by atoms with E-state index in [4.69, 9.17) is 9.72 Å². The molecule has 0 spiro atoms. The standard InChI is InChI=1S/C23H23N3O4/c1-2-30-23(27)16-10-12-25(13-11-16)22-9-7-19-14-18(6-8-21(19)24-22)17-4-3-5-20(15-17)26(28)29/h3-9,14-16H,2,10-13H2,1H3. The van der Waals surface area contributed by atoms with Crippen LogP contribution in [-0.4, -0.2) is 35.6 Å². The normalized spacial score (nSPS) is 14.6. The lowest BCUT2D eigenvalue weighted by molar-refractivity contribution is -0.384. The molecule has 3 aromatic rings. The summed E-state index contributed by atoms with van der Waals surface area (Å²) in [6.07, 6.45) is 1.54. The van der Waals surface area contributed by atoms with Crippen LogP contribution in [0.5, 0.6) is 0 Å². The number of aromatic nitrogens is 1. The van der Waals surface area contributed by atoms with Gasteiger partial charge in [0.15, 0.2) is 0 Å². The number of pyridine rings is 1. The van der Waals surface area contributed by atoms with Crippen LogP contribution in [0, 0.1) is 16.0 Å². The summed E-state index contributed by atoms with van der Waals surface area (Å²) in [5.41, 5.74) is 2.66. The Balaban J connectivity index is 1.52. The quantitative estimate of drug-likeness (QED) is 0.351. The van der Waals surface area contributed by atoms with E-state index in [1.54, 1.807) is 12.1 Å². The number of fused-ring (bicyclic) bond motifs is 1. The number of benzene rings is 2. The summed E-state index contributed by atoms with van der Waals surface area (Å²) in [4.78, 5) is 29.6. The highest BCUT2D eigenvalue weighted by molar-refractivity contribution is 5.86. The van der Waals surface area contributed by atoms with Gasteiger partial charge in [-0.1, -0.05) is 18.2 Å². The number of nitrogens with zero attached hydrogens (tertiary/aromatic N) is 3. The predicted octanol–water partition coefficient (Wildman–Crippen LogP) is 4.59. The summed E-state index contributed by atoms with van der Waals surface area (Å²) in [7, 11) is 0. The molecule has 7 nitrogen and oxygen atoms in total. The van der Waals surface area contributed by atoms with Crippen molar-refractivity contribution in [3.8, 4) is 11.1 Å². The molecule has 2 heterocycles. The van der Waals surface area contributed by atoms with E-state index in [1.807, 2.05) is 43.3 Å². The lowest BCUT2D eigenvalue weighted by atomic mass is 9.97. The number of rotatable bonds is 5. The van der Waals surface area contributed by atoms with Crippen LogP contribution in [0.2, 0.25) is 0 Å². The molecule has 0 N–H and O–H groups in total. The van der Waals surface area contributed by atoms with Gasteiger partial charge in [-0.3, -0.25) is 14.9 Å². The number of carbonyl (C=O) groups is 1. The maximum absolute atomic E-state index is 11.9. The first-order valence-electron chi connectivity index (χ1n) is 10.1. The van der Waals surface area contributed by atoms with Gasteiger partial charge in [0.1, 0.15) is 5.82 Å². The Morgan fingerprint density at radius 2 is 1.90 bits per heavy atom. The summed E-state index contributed by atoms with van der Waals surface area (Å²) < 4.78 is 5.14. The zero-order valence-electron chi connectivity index (χ0n) is 16.8. The van der Waals surface area contributed by atoms with E-state index >= 15 is 0 Å². The number of hydrogen-bond acceptors (Lipinski definition) is 6. The maximum Gasteiger partial charge on any atom is 0.309 e. The molecule has 0 unspecified atom stereocenters. The van der Waals surface area contributed by atoms with Gasteiger partial charge in [0.2, 0.25) is 0 Å². The van der Waals surface area contributed by atoms with E-state index in [0.29, 0.717) is 6.61 Å². The van der Waals surface area contributed by atoms with E-state index in [2.05, 4.69) is 4.90 Å². The fourth-order valence-corrected chi connectivity index (χ4v) is 3.87. The summed E-state index contributed by atoms with van der Waals surface area (Å²) >= 11 is 0. The molecule has 0 radical (unpaired) electrons. The molecule has 154 valence electrons. The Labute approximate surface area is 174 Å². The second-order valence-electron chi connectivity index (χ2n) is 7.40. The molecule has 7 heteroatoms. The molecule has 0 aliphatic carbocycles. The molecular weight excluding hydrogens is 382 g/mol. The van der Waals surface area contributed by atoms with E-state index in [0.717, 1.165) is 53.8 Å². The average Bonchev–Trinajstić information content (AvgIpc) is 2.78. The molecule has 30 heavy (non-hydrogen) atoms. The minimum Gasteiger partial charge on any atom is -0.466 e. The molecule has 1 fully saturated rings. The molecule has 0 bridgehead atoms. The van der Waals surface area contributed by atoms with Crippen molar-refractivity contribution in [2.24, 2.45) is 5.92 Å². The van der Waals surface area contributed by atoms with E-state index in [-0.39, 0.29) is 22.5 Å². The first-order chi connectivity index (χ1) is 14.5. The molecule has 0 atom stereocenters. The fraction of sp³-hybridized carbons (Fsp3) is 0.304. The van der Waals surface area contributed by atoms with Crippen LogP contribution in [0.3, 0.4) is 0 Å². The molecule has 0 saturated carbocycles. The molecule has 1 saturated heterocycles. The molecule has 1 aromatic heterocycles. The highest BCUT2D eigenvalue weighted by atomic mass is 16.6. The van der Waals surface area contributed by atoms with Crippen molar-refractivity contribution in [1.29, 1.82) is 0 Å². The second kappa shape index (κ2) is 8.49. The number of non-ortho nitro benzene ring substituents is 1. The van der Waals surface area contributed by atoms with Crippen LogP contribution < -0.4 is 4.90 Å². The van der Waals surface area contributed by atoms with E-state index in [9.17, 15) is 14.9 Å². The molecule has 2 aromatic carbocycles. The summed E-state index contributed by atoms with van der Waals surface area (Å²) in [6, 6.07) is 16.5. The number of carbonyl (C=O) groups excluding carboxylic acids is 1. The van der Waals surface area contributed by atoms with Crippen LogP contribution in [0.15, 0.2) is 54.6 Å². The van der Waals surface area contributed by atoms with E-state index in [1.165, 1.54) is 6.07 Å². The van der Waals surface area contributed by atoms with E-state index < -0.39 is 0 Å². The Hall–Kier alpha value is -3.48. The van der Waals surface area contributed by atoms with Crippen molar-refractivity contribution in [3.05, 3.63) is 64.7 Å². The topological polar surface area (TPSA) is 85.6 Å². The zero-order valence-corrected chi connectivity index (χ0v) is 16.8. The van der Waals surface area contributed by atoms with Gasteiger partial charge >= 0.3 is 5.97 Å². The molecule has 1 aliphatic rings. The number of ether oxygens (including phenoxy) is 1. The first kappa shape index (κ1) is 19.8. The Kier molecular flexibility index (Phi) is 5.61. The molecule has 0 amide bonds. The largest absolute Gasteiger partial charge is 0.466 e. The van der Waals surface area contributed by atoms with Gasteiger partial charge in [0.05, 0.1) is 23.0 Å². The highest BCUT2D eigenvalue weighted by Crippen LogP contribution is 2.29. The van der Waals surface area contributed by atoms with Crippen molar-refractivity contribution >= 4 is 28.4 Å². The molecule has 1 aliphatic heterocycles. The minimum atomic E-state index is -0.385. The van der Waals surface area contributed by atoms with Gasteiger partial charge in [0, 0.05) is 30.6 Å². The van der Waals surface area contributed by atoms with Gasteiger partial charge in [-0.25, -0.2) is 4.98 Å². The fourth-order valence-electron chi connectivity index (χ4n) is 3.87. The van der Waals surface area contributed by atoms with Crippen molar-refractivity contribution < 1.29 is 14.5 Å². The minimum absolute atomic E-state index is 0.0286. The van der Waals surface area contributed by atoms with Gasteiger partial charge in [-0.2, -0.15) is 0 Å². The smallest absolute Gasteiger partial charge is 0.309 e. The highest BCUT2D eigenvalue weighted by Gasteiger charge is 2.26. The monoisotopic (exact) mass is 405 g/mol.